The highest BCUT2D eigenvalue weighted by Gasteiger charge is 2.16. The van der Waals surface area contributed by atoms with E-state index in [4.69, 9.17) is 13.8 Å². The zero-order valence-corrected chi connectivity index (χ0v) is 17.1. The number of para-hydroxylation sites is 4. The molecule has 0 amide bonds. The number of nitrogens with zero attached hydrogens (tertiary/aromatic N) is 2. The average molecular weight is 404 g/mol. The average Bonchev–Trinajstić information content (AvgIpc) is 3.48. The maximum atomic E-state index is 6.22. The number of allylic oxidation sites excluding steroid dienone is 1. The fourth-order valence-corrected chi connectivity index (χ4v) is 4.16. The van der Waals surface area contributed by atoms with Crippen molar-refractivity contribution in [2.24, 2.45) is 0 Å². The van der Waals surface area contributed by atoms with Crippen LogP contribution in [0.25, 0.3) is 38.5 Å². The summed E-state index contributed by atoms with van der Waals surface area (Å²) in [4.78, 5) is 4.69. The number of aryl methyl sites for hydroxylation is 1. The van der Waals surface area contributed by atoms with Crippen LogP contribution in [0.2, 0.25) is 0 Å². The van der Waals surface area contributed by atoms with Crippen LogP contribution in [0.15, 0.2) is 99.8 Å². The lowest BCUT2D eigenvalue weighted by Crippen LogP contribution is -1.99. The van der Waals surface area contributed by atoms with Gasteiger partial charge in [-0.1, -0.05) is 54.6 Å². The molecule has 4 heteroatoms. The molecule has 0 radical (unpaired) electrons. The summed E-state index contributed by atoms with van der Waals surface area (Å²) in [5.41, 5.74) is 4.78. The Labute approximate surface area is 179 Å². The van der Waals surface area contributed by atoms with E-state index in [1.807, 2.05) is 61.5 Å². The summed E-state index contributed by atoms with van der Waals surface area (Å²) in [6, 6.07) is 28.5. The number of fused-ring (bicyclic) bond motifs is 3. The Bertz CT molecular complexity index is 1440. The Morgan fingerprint density at radius 3 is 2.03 bits per heavy atom. The van der Waals surface area contributed by atoms with Crippen molar-refractivity contribution in [1.82, 2.24) is 9.55 Å². The molecular formula is C27H20N2O2. The first-order valence-corrected chi connectivity index (χ1v) is 10.4. The van der Waals surface area contributed by atoms with Crippen LogP contribution >= 0.6 is 0 Å². The third-order valence-electron chi connectivity index (χ3n) is 5.71. The normalized spacial score (nSPS) is 11.5. The highest BCUT2D eigenvalue weighted by atomic mass is 16.4. The Balaban J connectivity index is 1.51. The quantitative estimate of drug-likeness (QED) is 0.319. The minimum atomic E-state index is 0.662. The van der Waals surface area contributed by atoms with E-state index in [1.165, 1.54) is 0 Å². The van der Waals surface area contributed by atoms with E-state index in [1.54, 1.807) is 0 Å². The third-order valence-corrected chi connectivity index (χ3v) is 5.71. The predicted octanol–water partition coefficient (Wildman–Crippen LogP) is 6.97. The van der Waals surface area contributed by atoms with Gasteiger partial charge in [-0.25, -0.2) is 4.98 Å². The number of benzene rings is 3. The van der Waals surface area contributed by atoms with Crippen LogP contribution in [-0.4, -0.2) is 9.55 Å². The Hall–Kier alpha value is -4.05. The number of aromatic nitrogens is 2. The molecule has 6 rings (SSSR count). The molecule has 0 atom stereocenters. The summed E-state index contributed by atoms with van der Waals surface area (Å²) >= 11 is 0. The first-order valence-electron chi connectivity index (χ1n) is 10.4. The molecule has 0 N–H and O–H groups in total. The number of hydrogen-bond acceptors (Lipinski definition) is 3. The number of furan rings is 2. The van der Waals surface area contributed by atoms with Crippen LogP contribution in [-0.2, 0) is 6.54 Å². The molecule has 4 nitrogen and oxygen atoms in total. The first kappa shape index (κ1) is 17.8. The molecule has 3 heterocycles. The molecule has 0 unspecified atom stereocenters. The predicted molar refractivity (Wildman–Crippen MR) is 124 cm³/mol. The maximum absolute atomic E-state index is 6.22. The number of hydrogen-bond donors (Lipinski definition) is 0. The van der Waals surface area contributed by atoms with Crippen LogP contribution in [0.4, 0.5) is 0 Å². The summed E-state index contributed by atoms with van der Waals surface area (Å²) in [7, 11) is 0. The van der Waals surface area contributed by atoms with Crippen LogP contribution in [0.5, 0.6) is 0 Å². The van der Waals surface area contributed by atoms with Crippen LogP contribution < -0.4 is 0 Å². The minimum Gasteiger partial charge on any atom is -0.456 e. The van der Waals surface area contributed by atoms with Crippen LogP contribution in [0.3, 0.4) is 0 Å². The van der Waals surface area contributed by atoms with Crippen molar-refractivity contribution in [2.75, 3.05) is 0 Å². The fourth-order valence-electron chi connectivity index (χ4n) is 4.16. The summed E-state index contributed by atoms with van der Waals surface area (Å²) in [5.74, 6) is 2.57. The van der Waals surface area contributed by atoms with Gasteiger partial charge in [-0.3, -0.25) is 0 Å². The number of imidazole rings is 1. The lowest BCUT2D eigenvalue weighted by atomic mass is 10.1. The van der Waals surface area contributed by atoms with Gasteiger partial charge in [-0.15, -0.1) is 0 Å². The number of rotatable bonds is 4. The highest BCUT2D eigenvalue weighted by Crippen LogP contribution is 2.33. The largest absolute Gasteiger partial charge is 0.456 e. The van der Waals surface area contributed by atoms with Crippen LogP contribution in [0, 0.1) is 6.92 Å². The van der Waals surface area contributed by atoms with Crippen LogP contribution in [0.1, 0.15) is 17.3 Å². The lowest BCUT2D eigenvalue weighted by Gasteiger charge is -2.06. The molecule has 0 spiro atoms. The van der Waals surface area contributed by atoms with E-state index >= 15 is 0 Å². The zero-order chi connectivity index (χ0) is 20.8. The van der Waals surface area contributed by atoms with Crippen molar-refractivity contribution in [1.29, 1.82) is 0 Å². The Morgan fingerprint density at radius 2 is 1.39 bits per heavy atom. The van der Waals surface area contributed by atoms with Gasteiger partial charge in [0.25, 0.3) is 0 Å². The first-order chi connectivity index (χ1) is 15.3. The second-order valence-electron chi connectivity index (χ2n) is 7.67. The van der Waals surface area contributed by atoms with Crippen molar-refractivity contribution in [2.45, 2.75) is 13.5 Å². The molecule has 3 aromatic heterocycles. The zero-order valence-electron chi connectivity index (χ0n) is 17.1. The van der Waals surface area contributed by atoms with E-state index in [-0.39, 0.29) is 0 Å². The van der Waals surface area contributed by atoms with Gasteiger partial charge in [0, 0.05) is 17.3 Å². The monoisotopic (exact) mass is 404 g/mol. The standard InChI is InChI=1S/C27H20N2O2/c1-18-28-22-10-4-5-11-23(22)29(18)15-14-21(26-16-19-8-2-6-12-24(19)30-26)27-17-20-9-3-7-13-25(20)31-27/h2-14,16-17H,15H2,1H3. The minimum absolute atomic E-state index is 0.662. The summed E-state index contributed by atoms with van der Waals surface area (Å²) in [6.07, 6.45) is 2.16. The van der Waals surface area contributed by atoms with Gasteiger partial charge in [-0.2, -0.15) is 0 Å². The van der Waals surface area contributed by atoms with E-state index < -0.39 is 0 Å². The van der Waals surface area contributed by atoms with Gasteiger partial charge in [0.1, 0.15) is 28.5 Å². The highest BCUT2D eigenvalue weighted by molar-refractivity contribution is 5.88. The maximum Gasteiger partial charge on any atom is 0.138 e. The third kappa shape index (κ3) is 3.04. The molecule has 3 aromatic carbocycles. The van der Waals surface area contributed by atoms with E-state index in [2.05, 4.69) is 41.0 Å². The summed E-state index contributed by atoms with van der Waals surface area (Å²) < 4.78 is 14.6. The molecule has 0 aliphatic heterocycles. The van der Waals surface area contributed by atoms with Crippen molar-refractivity contribution in [3.05, 3.63) is 108 Å². The van der Waals surface area contributed by atoms with Gasteiger partial charge in [0.2, 0.25) is 0 Å². The molecule has 0 saturated heterocycles. The van der Waals surface area contributed by atoms with E-state index in [0.29, 0.717) is 6.54 Å². The van der Waals surface area contributed by atoms with E-state index in [0.717, 1.165) is 55.9 Å². The summed E-state index contributed by atoms with van der Waals surface area (Å²) in [5, 5.41) is 2.15. The van der Waals surface area contributed by atoms with Crippen molar-refractivity contribution >= 4 is 38.5 Å². The second-order valence-corrected chi connectivity index (χ2v) is 7.67. The van der Waals surface area contributed by atoms with E-state index in [9.17, 15) is 0 Å². The molecule has 0 aliphatic carbocycles. The van der Waals surface area contributed by atoms with Gasteiger partial charge in [0.05, 0.1) is 16.6 Å². The molecule has 0 saturated carbocycles. The molecule has 6 aromatic rings. The Morgan fingerprint density at radius 1 is 0.806 bits per heavy atom. The molecular weight excluding hydrogens is 384 g/mol. The summed E-state index contributed by atoms with van der Waals surface area (Å²) in [6.45, 7) is 2.70. The molecule has 0 aliphatic rings. The van der Waals surface area contributed by atoms with Gasteiger partial charge < -0.3 is 13.4 Å². The SMILES string of the molecule is Cc1nc2ccccc2n1CC=C(c1cc2ccccc2o1)c1cc2ccccc2o1. The van der Waals surface area contributed by atoms with Crippen molar-refractivity contribution in [3.8, 4) is 0 Å². The van der Waals surface area contributed by atoms with Gasteiger partial charge >= 0.3 is 0 Å². The van der Waals surface area contributed by atoms with Crippen molar-refractivity contribution in [3.63, 3.8) is 0 Å². The smallest absolute Gasteiger partial charge is 0.138 e. The van der Waals surface area contributed by atoms with Gasteiger partial charge in [-0.05, 0) is 43.3 Å². The fraction of sp³-hybridized carbons (Fsp3) is 0.0741. The van der Waals surface area contributed by atoms with Crippen molar-refractivity contribution < 1.29 is 8.83 Å². The topological polar surface area (TPSA) is 44.1 Å². The van der Waals surface area contributed by atoms with Gasteiger partial charge in [0.15, 0.2) is 0 Å². The molecule has 31 heavy (non-hydrogen) atoms. The second kappa shape index (κ2) is 7.03. The molecule has 0 bridgehead atoms. The Kier molecular flexibility index (Phi) is 4.03. The molecule has 0 fully saturated rings. The molecule has 150 valence electrons. The lowest BCUT2D eigenvalue weighted by molar-refractivity contribution is 0.573.